The Morgan fingerprint density at radius 3 is 1.17 bits per heavy atom. The molecule has 0 N–H and O–H groups in total. The second kappa shape index (κ2) is 3.74. The van der Waals surface area contributed by atoms with Crippen molar-refractivity contribution in [1.29, 1.82) is 0 Å². The molecule has 0 saturated carbocycles. The number of hydrogen-bond acceptors (Lipinski definition) is 4. The Hall–Kier alpha value is 1.78. The van der Waals surface area contributed by atoms with Crippen molar-refractivity contribution < 1.29 is 31.1 Å². The molecule has 6 heteroatoms. The van der Waals surface area contributed by atoms with Crippen LogP contribution in [0.2, 0.25) is 0 Å². The summed E-state index contributed by atoms with van der Waals surface area (Å²) in [4.78, 5) is 0. The molecule has 0 spiro atoms. The van der Waals surface area contributed by atoms with Gasteiger partial charge in [0.15, 0.2) is 0 Å². The molecule has 6 heavy (non-hydrogen) atoms. The van der Waals surface area contributed by atoms with Gasteiger partial charge in [0.2, 0.25) is 0 Å². The van der Waals surface area contributed by atoms with Gasteiger partial charge in [-0.05, 0) is 0 Å². The van der Waals surface area contributed by atoms with Crippen molar-refractivity contribution in [3.05, 3.63) is 0 Å². The van der Waals surface area contributed by atoms with Crippen molar-refractivity contribution in [2.75, 3.05) is 0 Å². The van der Waals surface area contributed by atoms with Crippen molar-refractivity contribution in [2.24, 2.45) is 0 Å². The molecular weight excluding hydrogens is 385 g/mol. The Morgan fingerprint density at radius 2 is 1.17 bits per heavy atom. The third-order valence-corrected chi connectivity index (χ3v) is 0. The second-order valence-electron chi connectivity index (χ2n) is 0.408. The first-order chi connectivity index (χ1) is 2.00. The molecule has 0 fully saturated rings. The van der Waals surface area contributed by atoms with Gasteiger partial charge in [0, 0.05) is 0 Å². The van der Waals surface area contributed by atoms with Crippen molar-refractivity contribution in [1.82, 2.24) is 0 Å². The predicted molar refractivity (Wildman–Crippen MR) is 7.13 cm³/mol. The fourth-order valence-corrected chi connectivity index (χ4v) is 0. The van der Waals surface area contributed by atoms with E-state index in [9.17, 15) is 0 Å². The van der Waals surface area contributed by atoms with E-state index in [1.165, 1.54) is 0 Å². The van der Waals surface area contributed by atoms with Crippen LogP contribution >= 0.6 is 0 Å². The Morgan fingerprint density at radius 1 is 1.17 bits per heavy atom. The Bertz CT molecular complexity index is 90.7. The summed E-state index contributed by atoms with van der Waals surface area (Å²) < 4.78 is 34.6. The molecule has 0 saturated heterocycles. The summed E-state index contributed by atoms with van der Waals surface area (Å²) >= 11 is -6.17. The van der Waals surface area contributed by atoms with Crippen molar-refractivity contribution in [2.45, 2.75) is 0 Å². The molecule has 0 aromatic carbocycles. The summed E-state index contributed by atoms with van der Waals surface area (Å²) in [6, 6.07) is 0. The van der Waals surface area contributed by atoms with Gasteiger partial charge in [-0.1, -0.05) is 0 Å². The SMILES string of the molecule is [Ba+2].[O]=[W](=[O])([O-])[O-]. The maximum absolute atomic E-state index is 8.65. The average molecular weight is 385 g/mol. The second-order valence-corrected chi connectivity index (χ2v) is 3.34. The molecule has 4 nitrogen and oxygen atoms in total. The molecule has 0 aliphatic carbocycles. The van der Waals surface area contributed by atoms with Crippen LogP contribution in [-0.2, 0) is 23.5 Å². The molecule has 0 unspecified atom stereocenters. The van der Waals surface area contributed by atoms with Crippen LogP contribution < -0.4 is 7.52 Å². The van der Waals surface area contributed by atoms with E-state index < -0.39 is 16.7 Å². The Kier molecular flexibility index (Phi) is 6.68. The van der Waals surface area contributed by atoms with Crippen LogP contribution in [0.4, 0.5) is 0 Å². The molecule has 0 aliphatic heterocycles. The van der Waals surface area contributed by atoms with E-state index >= 15 is 0 Å². The van der Waals surface area contributed by atoms with Gasteiger partial charge in [-0.2, -0.15) is 0 Å². The van der Waals surface area contributed by atoms with Gasteiger partial charge in [0.05, 0.1) is 0 Å². The normalized spacial score (nSPS) is 9.67. The van der Waals surface area contributed by atoms with E-state index in [2.05, 4.69) is 0 Å². The molecule has 0 rings (SSSR count). The summed E-state index contributed by atoms with van der Waals surface area (Å²) in [5.41, 5.74) is 0. The van der Waals surface area contributed by atoms with Gasteiger partial charge in [-0.3, -0.25) is 0 Å². The first kappa shape index (κ1) is 10.7. The fourth-order valence-electron chi connectivity index (χ4n) is 0. The molecule has 0 radical (unpaired) electrons. The van der Waals surface area contributed by atoms with E-state index in [-0.39, 0.29) is 48.9 Å². The quantitative estimate of drug-likeness (QED) is 0.417. The summed E-state index contributed by atoms with van der Waals surface area (Å²) in [5.74, 6) is 0. The standard InChI is InChI=1S/Ba.4O.W/q+2;;;2*-1;. The van der Waals surface area contributed by atoms with Crippen LogP contribution in [0.3, 0.4) is 0 Å². The molecule has 0 heterocycles. The first-order valence-corrected chi connectivity index (χ1v) is 5.46. The fraction of sp³-hybridized carbons (Fsp3) is 0. The van der Waals surface area contributed by atoms with Gasteiger partial charge in [0.25, 0.3) is 0 Å². The average Bonchev–Trinajstić information content (AvgIpc) is 0.722. The minimum absolute atomic E-state index is 0. The van der Waals surface area contributed by atoms with E-state index in [1.807, 2.05) is 0 Å². The summed E-state index contributed by atoms with van der Waals surface area (Å²) in [6.07, 6.45) is 0. The third kappa shape index (κ3) is 41.7. The zero-order valence-electron chi connectivity index (χ0n) is 2.75. The van der Waals surface area contributed by atoms with Gasteiger partial charge in [-0.15, -0.1) is 0 Å². The summed E-state index contributed by atoms with van der Waals surface area (Å²) in [5, 5.41) is 0. The summed E-state index contributed by atoms with van der Waals surface area (Å²) in [6.45, 7) is 0. The third-order valence-electron chi connectivity index (χ3n) is 0. The van der Waals surface area contributed by atoms with Crippen LogP contribution in [0, 0.1) is 0 Å². The van der Waals surface area contributed by atoms with Crippen LogP contribution in [0.1, 0.15) is 0 Å². The van der Waals surface area contributed by atoms with Crippen LogP contribution in [0.15, 0.2) is 0 Å². The monoisotopic (exact) mass is 386 g/mol. The van der Waals surface area contributed by atoms with E-state index in [1.54, 1.807) is 0 Å². The maximum atomic E-state index is 8.65. The van der Waals surface area contributed by atoms with Gasteiger partial charge < -0.3 is 0 Å². The van der Waals surface area contributed by atoms with Crippen LogP contribution in [0.25, 0.3) is 0 Å². The minimum atomic E-state index is -6.17. The topological polar surface area (TPSA) is 80.3 Å². The van der Waals surface area contributed by atoms with Gasteiger partial charge in [0.1, 0.15) is 0 Å². The van der Waals surface area contributed by atoms with E-state index in [0.29, 0.717) is 0 Å². The first-order valence-electron chi connectivity index (χ1n) is 0.667. The van der Waals surface area contributed by atoms with Crippen molar-refractivity contribution in [3.8, 4) is 0 Å². The molecule has 0 bridgehead atoms. The zero-order chi connectivity index (χ0) is 4.50. The predicted octanol–water partition coefficient (Wildman–Crippen LogP) is -3.00. The molecular formula is BaO4W. The van der Waals surface area contributed by atoms with Crippen LogP contribution in [0.5, 0.6) is 0 Å². The molecule has 0 aliphatic rings. The number of hydrogen-bond donors (Lipinski definition) is 0. The van der Waals surface area contributed by atoms with Gasteiger partial charge in [-0.25, -0.2) is 0 Å². The Labute approximate surface area is 78.3 Å². The van der Waals surface area contributed by atoms with Crippen LogP contribution in [-0.4, -0.2) is 48.9 Å². The molecule has 0 atom stereocenters. The number of rotatable bonds is 0. The molecule has 0 aromatic rings. The summed E-state index contributed by atoms with van der Waals surface area (Å²) in [7, 11) is 0. The van der Waals surface area contributed by atoms with Gasteiger partial charge >= 0.3 is 79.9 Å². The van der Waals surface area contributed by atoms with Crippen molar-refractivity contribution in [3.63, 3.8) is 0 Å². The van der Waals surface area contributed by atoms with E-state index in [0.717, 1.165) is 0 Å². The molecule has 0 aromatic heterocycles. The molecule has 0 amide bonds. The molecule has 32 valence electrons. The zero-order valence-corrected chi connectivity index (χ0v) is 10.1. The van der Waals surface area contributed by atoms with Crippen molar-refractivity contribution >= 4 is 48.9 Å². The van der Waals surface area contributed by atoms with E-state index in [4.69, 9.17) is 14.3 Å². The Balaban J connectivity index is 0.